The highest BCUT2D eigenvalue weighted by atomic mass is 32.2. The molecule has 3 aromatic carbocycles. The van der Waals surface area contributed by atoms with Crippen LogP contribution in [0.3, 0.4) is 0 Å². The van der Waals surface area contributed by atoms with E-state index in [4.69, 9.17) is 4.74 Å². The van der Waals surface area contributed by atoms with Gasteiger partial charge in [-0.2, -0.15) is 0 Å². The van der Waals surface area contributed by atoms with Crippen LogP contribution < -0.4 is 9.64 Å². The van der Waals surface area contributed by atoms with Crippen LogP contribution in [0, 0.1) is 12.7 Å². The molecule has 43 heavy (non-hydrogen) atoms. The third-order valence-corrected chi connectivity index (χ3v) is 9.98. The van der Waals surface area contributed by atoms with Crippen molar-refractivity contribution >= 4 is 57.0 Å². The number of hydrogen-bond acceptors (Lipinski definition) is 9. The van der Waals surface area contributed by atoms with Crippen molar-refractivity contribution in [3.05, 3.63) is 129 Å². The minimum absolute atomic E-state index is 0.0308. The third kappa shape index (κ3) is 5.96. The highest BCUT2D eigenvalue weighted by Crippen LogP contribution is 2.45. The molecular weight excluding hydrogens is 606 g/mol. The standard InChI is InChI=1S/C32H24FN3O4S3/c1-19-7-2-3-8-21(19)17-40-23-14-12-20(13-15-23)28(37)26-27(25-11-6-16-41-25)36(30(39)29(26)38)31-34-35-32(43-31)42-18-22-9-4-5-10-24(22)33/h2-16,27,37H,17-18H2,1H3. The lowest BCUT2D eigenvalue weighted by atomic mass is 10.00. The molecule has 0 saturated carbocycles. The van der Waals surface area contributed by atoms with Gasteiger partial charge in [-0.1, -0.05) is 71.6 Å². The molecule has 1 amide bonds. The van der Waals surface area contributed by atoms with Crippen LogP contribution >= 0.6 is 34.4 Å². The van der Waals surface area contributed by atoms with Gasteiger partial charge in [0.05, 0.1) is 5.57 Å². The summed E-state index contributed by atoms with van der Waals surface area (Å²) in [7, 11) is 0. The number of nitrogens with zero attached hydrogens (tertiary/aromatic N) is 3. The van der Waals surface area contributed by atoms with Crippen LogP contribution in [-0.2, 0) is 21.9 Å². The fraction of sp³-hybridized carbons (Fsp3) is 0.125. The number of carbonyl (C=O) groups is 2. The average Bonchev–Trinajstić information content (AvgIpc) is 3.77. The number of thioether (sulfide) groups is 1. The maximum Gasteiger partial charge on any atom is 0.301 e. The number of carbonyl (C=O) groups excluding carboxylic acids is 2. The van der Waals surface area contributed by atoms with Gasteiger partial charge in [-0.3, -0.25) is 14.5 Å². The van der Waals surface area contributed by atoms with Gasteiger partial charge in [-0.05, 0) is 65.4 Å². The molecule has 6 rings (SSSR count). The summed E-state index contributed by atoms with van der Waals surface area (Å²) in [6, 6.07) is 23.9. The molecule has 1 N–H and O–H groups in total. The monoisotopic (exact) mass is 629 g/mol. The second kappa shape index (κ2) is 12.5. The summed E-state index contributed by atoms with van der Waals surface area (Å²) < 4.78 is 20.5. The van der Waals surface area contributed by atoms with Gasteiger partial charge in [0.15, 0.2) is 4.34 Å². The number of aryl methyl sites for hydroxylation is 1. The summed E-state index contributed by atoms with van der Waals surface area (Å²) in [6.07, 6.45) is 0. The van der Waals surface area contributed by atoms with Gasteiger partial charge in [0, 0.05) is 16.2 Å². The smallest absolute Gasteiger partial charge is 0.301 e. The lowest BCUT2D eigenvalue weighted by Gasteiger charge is -2.20. The number of thiophene rings is 1. The number of benzene rings is 3. The van der Waals surface area contributed by atoms with E-state index in [1.807, 2.05) is 42.6 Å². The molecule has 1 fully saturated rings. The minimum Gasteiger partial charge on any atom is -0.507 e. The molecule has 2 aromatic heterocycles. The summed E-state index contributed by atoms with van der Waals surface area (Å²) in [5.74, 6) is -1.28. The Morgan fingerprint density at radius 1 is 0.977 bits per heavy atom. The van der Waals surface area contributed by atoms with E-state index in [2.05, 4.69) is 10.2 Å². The fourth-order valence-electron chi connectivity index (χ4n) is 4.66. The molecule has 216 valence electrons. The van der Waals surface area contributed by atoms with Crippen LogP contribution in [0.1, 0.15) is 33.2 Å². The Kier molecular flexibility index (Phi) is 8.37. The Hall–Kier alpha value is -4.32. The molecule has 1 atom stereocenters. The van der Waals surface area contributed by atoms with E-state index in [-0.39, 0.29) is 22.3 Å². The maximum absolute atomic E-state index is 14.1. The van der Waals surface area contributed by atoms with Crippen LogP contribution in [0.15, 0.2) is 100 Å². The Labute approximate surface area is 259 Å². The van der Waals surface area contributed by atoms with E-state index in [1.165, 1.54) is 34.1 Å². The minimum atomic E-state index is -0.880. The second-order valence-electron chi connectivity index (χ2n) is 9.65. The van der Waals surface area contributed by atoms with Crippen molar-refractivity contribution in [3.8, 4) is 5.75 Å². The number of aliphatic hydroxyl groups is 1. The quantitative estimate of drug-likeness (QED) is 0.0592. The molecule has 1 aliphatic rings. The Morgan fingerprint density at radius 2 is 1.72 bits per heavy atom. The van der Waals surface area contributed by atoms with Crippen molar-refractivity contribution in [1.82, 2.24) is 10.2 Å². The summed E-state index contributed by atoms with van der Waals surface area (Å²) in [5, 5.41) is 21.8. The summed E-state index contributed by atoms with van der Waals surface area (Å²) in [5.41, 5.74) is 3.06. The predicted molar refractivity (Wildman–Crippen MR) is 167 cm³/mol. The van der Waals surface area contributed by atoms with E-state index in [0.717, 1.165) is 22.5 Å². The number of anilines is 1. The lowest BCUT2D eigenvalue weighted by molar-refractivity contribution is -0.132. The van der Waals surface area contributed by atoms with Crippen molar-refractivity contribution in [2.24, 2.45) is 0 Å². The molecule has 5 aromatic rings. The SMILES string of the molecule is Cc1ccccc1COc1ccc(C(O)=C2C(=O)C(=O)N(c3nnc(SCc4ccccc4F)s3)C2c2cccs2)cc1. The fourth-order valence-corrected chi connectivity index (χ4v) is 7.33. The Bertz CT molecular complexity index is 1820. The van der Waals surface area contributed by atoms with E-state index < -0.39 is 17.7 Å². The highest BCUT2D eigenvalue weighted by molar-refractivity contribution is 8.00. The van der Waals surface area contributed by atoms with Gasteiger partial charge >= 0.3 is 5.91 Å². The normalized spacial score (nSPS) is 16.1. The number of hydrogen-bond donors (Lipinski definition) is 1. The number of rotatable bonds is 9. The lowest BCUT2D eigenvalue weighted by Crippen LogP contribution is -2.29. The zero-order valence-corrected chi connectivity index (χ0v) is 25.2. The Morgan fingerprint density at radius 3 is 2.44 bits per heavy atom. The van der Waals surface area contributed by atoms with Gasteiger partial charge in [-0.25, -0.2) is 4.39 Å². The largest absolute Gasteiger partial charge is 0.507 e. The number of Topliss-reactive ketones (excluding diaryl/α,β-unsaturated/α-hetero) is 1. The highest BCUT2D eigenvalue weighted by Gasteiger charge is 2.48. The van der Waals surface area contributed by atoms with Crippen molar-refractivity contribution in [2.75, 3.05) is 4.90 Å². The molecular formula is C32H24FN3O4S3. The van der Waals surface area contributed by atoms with Gasteiger partial charge < -0.3 is 9.84 Å². The van der Waals surface area contributed by atoms with E-state index in [0.29, 0.717) is 38.5 Å². The van der Waals surface area contributed by atoms with Gasteiger partial charge in [0.1, 0.15) is 30.0 Å². The number of ether oxygens (including phenoxy) is 1. The van der Waals surface area contributed by atoms with Gasteiger partial charge in [0.2, 0.25) is 5.13 Å². The van der Waals surface area contributed by atoms with Crippen LogP contribution in [0.25, 0.3) is 5.76 Å². The van der Waals surface area contributed by atoms with Crippen molar-refractivity contribution < 1.29 is 23.8 Å². The van der Waals surface area contributed by atoms with Crippen LogP contribution in [0.2, 0.25) is 0 Å². The molecule has 0 aliphatic carbocycles. The number of ketones is 1. The topological polar surface area (TPSA) is 92.6 Å². The zero-order valence-electron chi connectivity index (χ0n) is 22.8. The summed E-state index contributed by atoms with van der Waals surface area (Å²) in [4.78, 5) is 28.8. The predicted octanol–water partition coefficient (Wildman–Crippen LogP) is 7.54. The third-order valence-electron chi connectivity index (χ3n) is 6.95. The van der Waals surface area contributed by atoms with Crippen molar-refractivity contribution in [2.45, 2.75) is 29.7 Å². The molecule has 1 unspecified atom stereocenters. The first-order chi connectivity index (χ1) is 20.9. The van der Waals surface area contributed by atoms with E-state index >= 15 is 0 Å². The number of aliphatic hydroxyl groups excluding tert-OH is 1. The zero-order chi connectivity index (χ0) is 29.9. The molecule has 1 saturated heterocycles. The van der Waals surface area contributed by atoms with E-state index in [1.54, 1.807) is 48.5 Å². The molecule has 3 heterocycles. The Balaban J connectivity index is 1.27. The molecule has 11 heteroatoms. The van der Waals surface area contributed by atoms with Crippen LogP contribution in [-0.4, -0.2) is 27.0 Å². The number of aromatic nitrogens is 2. The molecule has 7 nitrogen and oxygen atoms in total. The van der Waals surface area contributed by atoms with E-state index in [9.17, 15) is 19.1 Å². The molecule has 1 aliphatic heterocycles. The second-order valence-corrected chi connectivity index (χ2v) is 12.8. The first-order valence-corrected chi connectivity index (χ1v) is 15.9. The molecule has 0 bridgehead atoms. The summed E-state index contributed by atoms with van der Waals surface area (Å²) >= 11 is 3.78. The number of halogens is 1. The molecule has 0 radical (unpaired) electrons. The average molecular weight is 630 g/mol. The van der Waals surface area contributed by atoms with Crippen LogP contribution in [0.5, 0.6) is 5.75 Å². The van der Waals surface area contributed by atoms with Crippen molar-refractivity contribution in [3.63, 3.8) is 0 Å². The maximum atomic E-state index is 14.1. The van der Waals surface area contributed by atoms with Gasteiger partial charge in [0.25, 0.3) is 5.78 Å². The first kappa shape index (κ1) is 28.8. The first-order valence-electron chi connectivity index (χ1n) is 13.2. The van der Waals surface area contributed by atoms with Gasteiger partial charge in [-0.15, -0.1) is 21.5 Å². The number of amides is 1. The van der Waals surface area contributed by atoms with Crippen LogP contribution in [0.4, 0.5) is 9.52 Å². The van der Waals surface area contributed by atoms with Crippen molar-refractivity contribution in [1.29, 1.82) is 0 Å². The molecule has 0 spiro atoms. The summed E-state index contributed by atoms with van der Waals surface area (Å²) in [6.45, 7) is 2.41.